The Hall–Kier alpha value is -1.51. The van der Waals surface area contributed by atoms with Gasteiger partial charge in [-0.25, -0.2) is 0 Å². The number of nitrogens with zero attached hydrogens (tertiary/aromatic N) is 1. The summed E-state index contributed by atoms with van der Waals surface area (Å²) in [4.78, 5) is 13.4. The molecule has 3 nitrogen and oxygen atoms in total. The van der Waals surface area contributed by atoms with Crippen molar-refractivity contribution in [3.8, 4) is 0 Å². The number of hydrogen-bond acceptors (Lipinski definition) is 2. The lowest BCUT2D eigenvalue weighted by molar-refractivity contribution is -0.142. The van der Waals surface area contributed by atoms with Gasteiger partial charge in [0.2, 0.25) is 0 Å². The standard InChI is InChI=1S/C14H19NO2/c1-10-8-15(9-10)12-6-4-11(5-7-12)14(2,3)13(16)17/h4-7,10H,8-9H2,1-3H3,(H,16,17). The lowest BCUT2D eigenvalue weighted by atomic mass is 9.84. The highest BCUT2D eigenvalue weighted by Gasteiger charge is 2.29. The quantitative estimate of drug-likeness (QED) is 0.872. The zero-order valence-corrected chi connectivity index (χ0v) is 10.6. The van der Waals surface area contributed by atoms with E-state index in [2.05, 4.69) is 11.8 Å². The van der Waals surface area contributed by atoms with E-state index in [9.17, 15) is 4.79 Å². The van der Waals surface area contributed by atoms with Gasteiger partial charge in [-0.05, 0) is 37.5 Å². The predicted octanol–water partition coefficient (Wildman–Crippen LogP) is 2.50. The second-order valence-corrected chi connectivity index (χ2v) is 5.49. The van der Waals surface area contributed by atoms with Crippen molar-refractivity contribution in [1.29, 1.82) is 0 Å². The van der Waals surface area contributed by atoms with E-state index in [-0.39, 0.29) is 0 Å². The fraction of sp³-hybridized carbons (Fsp3) is 0.500. The third-order valence-electron chi connectivity index (χ3n) is 3.55. The molecule has 0 bridgehead atoms. The van der Waals surface area contributed by atoms with Gasteiger partial charge in [0.1, 0.15) is 0 Å². The van der Waals surface area contributed by atoms with Crippen LogP contribution in [0.15, 0.2) is 24.3 Å². The van der Waals surface area contributed by atoms with Gasteiger partial charge in [-0.3, -0.25) is 4.79 Å². The van der Waals surface area contributed by atoms with E-state index in [1.54, 1.807) is 13.8 Å². The number of hydrogen-bond donors (Lipinski definition) is 1. The van der Waals surface area contributed by atoms with Crippen LogP contribution in [0.5, 0.6) is 0 Å². The SMILES string of the molecule is CC1CN(c2ccc(C(C)(C)C(=O)O)cc2)C1. The molecule has 0 aromatic heterocycles. The van der Waals surface area contributed by atoms with Crippen LogP contribution >= 0.6 is 0 Å². The van der Waals surface area contributed by atoms with Gasteiger partial charge in [-0.2, -0.15) is 0 Å². The van der Waals surface area contributed by atoms with Crippen molar-refractivity contribution in [3.05, 3.63) is 29.8 Å². The van der Waals surface area contributed by atoms with Gasteiger partial charge in [0, 0.05) is 18.8 Å². The molecule has 1 saturated heterocycles. The van der Waals surface area contributed by atoms with E-state index in [0.29, 0.717) is 0 Å². The highest BCUT2D eigenvalue weighted by molar-refractivity contribution is 5.80. The molecule has 17 heavy (non-hydrogen) atoms. The van der Waals surface area contributed by atoms with Crippen molar-refractivity contribution < 1.29 is 9.90 Å². The summed E-state index contributed by atoms with van der Waals surface area (Å²) in [5.74, 6) is -0.0204. The number of benzene rings is 1. The number of carboxylic acid groups (broad SMARTS) is 1. The van der Waals surface area contributed by atoms with Crippen molar-refractivity contribution in [2.24, 2.45) is 5.92 Å². The Bertz CT molecular complexity index is 416. The summed E-state index contributed by atoms with van der Waals surface area (Å²) in [5.41, 5.74) is 1.22. The van der Waals surface area contributed by atoms with E-state index in [1.165, 1.54) is 5.69 Å². The fourth-order valence-electron chi connectivity index (χ4n) is 2.12. The maximum atomic E-state index is 11.1. The topological polar surface area (TPSA) is 40.5 Å². The van der Waals surface area contributed by atoms with Crippen molar-refractivity contribution in [2.75, 3.05) is 18.0 Å². The molecule has 1 fully saturated rings. The highest BCUT2D eigenvalue weighted by Crippen LogP contribution is 2.28. The summed E-state index contributed by atoms with van der Waals surface area (Å²) in [6, 6.07) is 7.89. The van der Waals surface area contributed by atoms with Crippen LogP contribution in [-0.4, -0.2) is 24.2 Å². The average molecular weight is 233 g/mol. The molecule has 1 N–H and O–H groups in total. The van der Waals surface area contributed by atoms with Crippen LogP contribution in [0.2, 0.25) is 0 Å². The Labute approximate surface area is 102 Å². The van der Waals surface area contributed by atoms with Gasteiger partial charge in [0.15, 0.2) is 0 Å². The first-order chi connectivity index (χ1) is 7.91. The van der Waals surface area contributed by atoms with Crippen LogP contribution in [-0.2, 0) is 10.2 Å². The van der Waals surface area contributed by atoms with Crippen LogP contribution < -0.4 is 4.90 Å². The van der Waals surface area contributed by atoms with Crippen molar-refractivity contribution >= 4 is 11.7 Å². The molecule has 1 heterocycles. The first-order valence-corrected chi connectivity index (χ1v) is 6.00. The highest BCUT2D eigenvalue weighted by atomic mass is 16.4. The lowest BCUT2D eigenvalue weighted by Crippen LogP contribution is -2.45. The monoisotopic (exact) mass is 233 g/mol. The smallest absolute Gasteiger partial charge is 0.313 e. The second kappa shape index (κ2) is 4.06. The van der Waals surface area contributed by atoms with E-state index in [4.69, 9.17) is 5.11 Å². The molecule has 1 aliphatic heterocycles. The van der Waals surface area contributed by atoms with Crippen molar-refractivity contribution in [2.45, 2.75) is 26.2 Å². The van der Waals surface area contributed by atoms with Gasteiger partial charge in [0.05, 0.1) is 5.41 Å². The minimum absolute atomic E-state index is 0.769. The van der Waals surface area contributed by atoms with E-state index in [1.807, 2.05) is 24.3 Å². The van der Waals surface area contributed by atoms with Crippen LogP contribution in [0.1, 0.15) is 26.3 Å². The average Bonchev–Trinajstić information content (AvgIpc) is 2.25. The molecular weight excluding hydrogens is 214 g/mol. The molecule has 0 aliphatic carbocycles. The Kier molecular flexibility index (Phi) is 2.86. The molecule has 3 heteroatoms. The van der Waals surface area contributed by atoms with Crippen molar-refractivity contribution in [1.82, 2.24) is 0 Å². The normalized spacial score (nSPS) is 16.8. The third kappa shape index (κ3) is 2.14. The van der Waals surface area contributed by atoms with Crippen molar-refractivity contribution in [3.63, 3.8) is 0 Å². The molecule has 92 valence electrons. The summed E-state index contributed by atoms with van der Waals surface area (Å²) < 4.78 is 0. The van der Waals surface area contributed by atoms with Gasteiger partial charge >= 0.3 is 5.97 Å². The molecule has 0 saturated carbocycles. The molecule has 0 amide bonds. The molecule has 0 radical (unpaired) electrons. The maximum Gasteiger partial charge on any atom is 0.313 e. The summed E-state index contributed by atoms with van der Waals surface area (Å²) in [6.45, 7) is 7.90. The first kappa shape index (κ1) is 12.0. The Morgan fingerprint density at radius 2 is 1.82 bits per heavy atom. The maximum absolute atomic E-state index is 11.1. The van der Waals surface area contributed by atoms with Crippen LogP contribution in [0.4, 0.5) is 5.69 Å². The summed E-state index contributed by atoms with van der Waals surface area (Å²) in [5, 5.41) is 9.15. The predicted molar refractivity (Wildman–Crippen MR) is 68.5 cm³/mol. The van der Waals surface area contributed by atoms with Crippen LogP contribution in [0.3, 0.4) is 0 Å². The van der Waals surface area contributed by atoms with E-state index in [0.717, 1.165) is 24.6 Å². The zero-order chi connectivity index (χ0) is 12.6. The lowest BCUT2D eigenvalue weighted by Gasteiger charge is -2.39. The minimum atomic E-state index is -0.819. The van der Waals surface area contributed by atoms with Gasteiger partial charge in [-0.1, -0.05) is 19.1 Å². The van der Waals surface area contributed by atoms with Gasteiger partial charge in [-0.15, -0.1) is 0 Å². The molecule has 1 aliphatic rings. The molecule has 0 spiro atoms. The molecule has 0 unspecified atom stereocenters. The Morgan fingerprint density at radius 1 is 1.29 bits per heavy atom. The molecule has 2 rings (SSSR count). The summed E-state index contributed by atoms with van der Waals surface area (Å²) >= 11 is 0. The third-order valence-corrected chi connectivity index (χ3v) is 3.55. The molecular formula is C14H19NO2. The molecule has 1 aromatic carbocycles. The Morgan fingerprint density at radius 3 is 2.24 bits per heavy atom. The van der Waals surface area contributed by atoms with E-state index >= 15 is 0 Å². The number of carboxylic acids is 1. The number of anilines is 1. The summed E-state index contributed by atoms with van der Waals surface area (Å²) in [7, 11) is 0. The largest absolute Gasteiger partial charge is 0.481 e. The second-order valence-electron chi connectivity index (χ2n) is 5.49. The number of carbonyl (C=O) groups is 1. The molecule has 1 aromatic rings. The first-order valence-electron chi connectivity index (χ1n) is 6.00. The molecule has 0 atom stereocenters. The van der Waals surface area contributed by atoms with Crippen LogP contribution in [0, 0.1) is 5.92 Å². The summed E-state index contributed by atoms with van der Waals surface area (Å²) in [6.07, 6.45) is 0. The Balaban J connectivity index is 2.16. The minimum Gasteiger partial charge on any atom is -0.481 e. The fourth-order valence-corrected chi connectivity index (χ4v) is 2.12. The van der Waals surface area contributed by atoms with E-state index < -0.39 is 11.4 Å². The van der Waals surface area contributed by atoms with Gasteiger partial charge in [0.25, 0.3) is 0 Å². The number of rotatable bonds is 3. The zero-order valence-electron chi connectivity index (χ0n) is 10.6. The van der Waals surface area contributed by atoms with Gasteiger partial charge < -0.3 is 10.0 Å². The number of aliphatic carboxylic acids is 1. The van der Waals surface area contributed by atoms with Crippen LogP contribution in [0.25, 0.3) is 0 Å².